The molecule has 1 aliphatic carbocycles. The molecule has 1 rings (SSSR count). The number of rotatable bonds is 6. The summed E-state index contributed by atoms with van der Waals surface area (Å²) in [6.45, 7) is 3.74. The van der Waals surface area contributed by atoms with Crippen molar-refractivity contribution < 1.29 is 9.90 Å². The molecule has 0 aromatic heterocycles. The largest absolute Gasteiger partial charge is 0.481 e. The highest BCUT2D eigenvalue weighted by molar-refractivity contribution is 9.11. The van der Waals surface area contributed by atoms with Crippen LogP contribution in [0, 0.1) is 5.41 Å². The lowest BCUT2D eigenvalue weighted by molar-refractivity contribution is -0.138. The van der Waals surface area contributed by atoms with Crippen molar-refractivity contribution in [2.75, 3.05) is 11.5 Å². The maximum absolute atomic E-state index is 10.5. The molecule has 13 heavy (non-hydrogen) atoms. The molecule has 1 N–H and O–H groups in total. The fourth-order valence-electron chi connectivity index (χ4n) is 1.25. The van der Waals surface area contributed by atoms with Gasteiger partial charge in [0, 0.05) is 5.75 Å². The van der Waals surface area contributed by atoms with E-state index in [9.17, 15) is 4.79 Å². The quantitative estimate of drug-likeness (QED) is 0.802. The van der Waals surface area contributed by atoms with E-state index in [1.54, 1.807) is 11.8 Å². The molecule has 0 bridgehead atoms. The number of aliphatic carboxylic acids is 1. The molecule has 4 heteroatoms. The Hall–Kier alpha value is 0.0400. The van der Waals surface area contributed by atoms with E-state index >= 15 is 0 Å². The van der Waals surface area contributed by atoms with Gasteiger partial charge >= 0.3 is 5.97 Å². The molecule has 1 fully saturated rings. The van der Waals surface area contributed by atoms with Gasteiger partial charge in [-0.05, 0) is 28.5 Å². The number of carboxylic acid groups (broad SMARTS) is 1. The van der Waals surface area contributed by atoms with Crippen LogP contribution in [0.4, 0.5) is 0 Å². The molecule has 1 saturated carbocycles. The maximum atomic E-state index is 10.5. The monoisotopic (exact) mass is 264 g/mol. The predicted octanol–water partition coefficient (Wildman–Crippen LogP) is 2.88. The first-order valence-corrected chi connectivity index (χ1v) is 6.12. The van der Waals surface area contributed by atoms with Gasteiger partial charge in [-0.3, -0.25) is 4.79 Å². The highest BCUT2D eigenvalue weighted by atomic mass is 79.9. The van der Waals surface area contributed by atoms with Crippen molar-refractivity contribution in [1.29, 1.82) is 0 Å². The molecule has 0 aliphatic heterocycles. The Kier molecular flexibility index (Phi) is 3.86. The standard InChI is InChI=1S/C9H13BrO2S/c1-7(10)5-13-6-9(2-3-9)4-8(11)12/h1-6H2,(H,11,12). The first-order valence-electron chi connectivity index (χ1n) is 4.17. The zero-order valence-electron chi connectivity index (χ0n) is 7.38. The molecule has 2 nitrogen and oxygen atoms in total. The van der Waals surface area contributed by atoms with E-state index in [1.165, 1.54) is 0 Å². The highest BCUT2D eigenvalue weighted by Gasteiger charge is 2.43. The van der Waals surface area contributed by atoms with Crippen LogP contribution >= 0.6 is 27.7 Å². The lowest BCUT2D eigenvalue weighted by Crippen LogP contribution is -2.11. The van der Waals surface area contributed by atoms with Crippen molar-refractivity contribution in [2.24, 2.45) is 5.41 Å². The van der Waals surface area contributed by atoms with Gasteiger partial charge in [-0.15, -0.1) is 0 Å². The summed E-state index contributed by atoms with van der Waals surface area (Å²) in [4.78, 5) is 10.5. The Morgan fingerprint density at radius 1 is 1.62 bits per heavy atom. The van der Waals surface area contributed by atoms with Crippen LogP contribution in [-0.4, -0.2) is 22.6 Å². The minimum absolute atomic E-state index is 0.110. The van der Waals surface area contributed by atoms with E-state index in [-0.39, 0.29) is 5.41 Å². The van der Waals surface area contributed by atoms with Gasteiger partial charge in [0.1, 0.15) is 0 Å². The summed E-state index contributed by atoms with van der Waals surface area (Å²) in [6, 6.07) is 0. The van der Waals surface area contributed by atoms with Crippen LogP contribution in [0.1, 0.15) is 19.3 Å². The van der Waals surface area contributed by atoms with Crippen LogP contribution in [0.3, 0.4) is 0 Å². The van der Waals surface area contributed by atoms with Gasteiger partial charge in [0.05, 0.1) is 6.42 Å². The first-order chi connectivity index (χ1) is 6.04. The summed E-state index contributed by atoms with van der Waals surface area (Å²) < 4.78 is 0.976. The van der Waals surface area contributed by atoms with E-state index in [2.05, 4.69) is 22.5 Å². The normalized spacial score (nSPS) is 18.2. The lowest BCUT2D eigenvalue weighted by Gasteiger charge is -2.10. The van der Waals surface area contributed by atoms with E-state index in [0.717, 1.165) is 28.8 Å². The fraction of sp³-hybridized carbons (Fsp3) is 0.667. The van der Waals surface area contributed by atoms with Crippen LogP contribution < -0.4 is 0 Å². The van der Waals surface area contributed by atoms with Gasteiger partial charge in [0.2, 0.25) is 0 Å². The first kappa shape index (κ1) is 11.1. The molecule has 0 saturated heterocycles. The third kappa shape index (κ3) is 4.18. The fourth-order valence-corrected chi connectivity index (χ4v) is 2.88. The van der Waals surface area contributed by atoms with Crippen molar-refractivity contribution in [1.82, 2.24) is 0 Å². The number of carboxylic acids is 1. The van der Waals surface area contributed by atoms with Crippen molar-refractivity contribution >= 4 is 33.7 Å². The Morgan fingerprint density at radius 3 is 2.62 bits per heavy atom. The lowest BCUT2D eigenvalue weighted by atomic mass is 10.1. The number of hydrogen-bond donors (Lipinski definition) is 1. The summed E-state index contributed by atoms with van der Waals surface area (Å²) in [7, 11) is 0. The average Bonchev–Trinajstić information content (AvgIpc) is 2.66. The highest BCUT2D eigenvalue weighted by Crippen LogP contribution is 2.51. The molecular weight excluding hydrogens is 252 g/mol. The zero-order valence-corrected chi connectivity index (χ0v) is 9.79. The third-order valence-corrected chi connectivity index (χ3v) is 4.17. The second-order valence-corrected chi connectivity index (χ2v) is 5.69. The van der Waals surface area contributed by atoms with Crippen LogP contribution in [0.15, 0.2) is 11.1 Å². The molecule has 1 aliphatic rings. The Labute approximate surface area is 90.9 Å². The number of thioether (sulfide) groups is 1. The minimum atomic E-state index is -0.671. The molecule has 0 atom stereocenters. The second kappa shape index (κ2) is 4.51. The molecule has 0 radical (unpaired) electrons. The summed E-state index contributed by atoms with van der Waals surface area (Å²) in [5, 5.41) is 8.66. The second-order valence-electron chi connectivity index (χ2n) is 3.58. The number of halogens is 1. The van der Waals surface area contributed by atoms with Crippen molar-refractivity contribution in [2.45, 2.75) is 19.3 Å². The smallest absolute Gasteiger partial charge is 0.303 e. The summed E-state index contributed by atoms with van der Waals surface area (Å²) >= 11 is 5.04. The molecule has 74 valence electrons. The van der Waals surface area contributed by atoms with Crippen molar-refractivity contribution in [3.05, 3.63) is 11.1 Å². The van der Waals surface area contributed by atoms with Crippen LogP contribution in [0.5, 0.6) is 0 Å². The van der Waals surface area contributed by atoms with Crippen LogP contribution in [0.2, 0.25) is 0 Å². The number of carbonyl (C=O) groups is 1. The van der Waals surface area contributed by atoms with Gasteiger partial charge in [0.15, 0.2) is 0 Å². The van der Waals surface area contributed by atoms with Crippen LogP contribution in [0.25, 0.3) is 0 Å². The maximum Gasteiger partial charge on any atom is 0.303 e. The predicted molar refractivity (Wildman–Crippen MR) is 59.3 cm³/mol. The summed E-state index contributed by atoms with van der Waals surface area (Å²) in [5.41, 5.74) is 0.110. The van der Waals surface area contributed by atoms with Crippen molar-refractivity contribution in [3.63, 3.8) is 0 Å². The van der Waals surface area contributed by atoms with Gasteiger partial charge in [0.25, 0.3) is 0 Å². The Balaban J connectivity index is 2.20. The Bertz CT molecular complexity index is 224. The van der Waals surface area contributed by atoms with Gasteiger partial charge in [-0.25, -0.2) is 0 Å². The van der Waals surface area contributed by atoms with E-state index < -0.39 is 5.97 Å². The zero-order chi connectivity index (χ0) is 9.90. The average molecular weight is 265 g/mol. The molecule has 0 spiro atoms. The van der Waals surface area contributed by atoms with Crippen LogP contribution in [-0.2, 0) is 4.79 Å². The topological polar surface area (TPSA) is 37.3 Å². The minimum Gasteiger partial charge on any atom is -0.481 e. The van der Waals surface area contributed by atoms with Crippen molar-refractivity contribution in [3.8, 4) is 0 Å². The molecule has 0 aromatic carbocycles. The van der Waals surface area contributed by atoms with Gasteiger partial charge < -0.3 is 5.11 Å². The van der Waals surface area contributed by atoms with E-state index in [0.29, 0.717) is 6.42 Å². The number of hydrogen-bond acceptors (Lipinski definition) is 2. The summed E-state index contributed by atoms with van der Waals surface area (Å²) in [5.74, 6) is 1.15. The van der Waals surface area contributed by atoms with E-state index in [4.69, 9.17) is 5.11 Å². The third-order valence-electron chi connectivity index (χ3n) is 2.15. The summed E-state index contributed by atoms with van der Waals surface area (Å²) in [6.07, 6.45) is 2.47. The molecule has 0 heterocycles. The molecule has 0 amide bonds. The molecular formula is C9H13BrO2S. The molecule has 0 unspecified atom stereocenters. The SMILES string of the molecule is C=C(Br)CSCC1(CC(=O)O)CC1. The Morgan fingerprint density at radius 2 is 2.23 bits per heavy atom. The molecule has 0 aromatic rings. The van der Waals surface area contributed by atoms with E-state index in [1.807, 2.05) is 0 Å². The van der Waals surface area contributed by atoms with Gasteiger partial charge in [-0.1, -0.05) is 22.5 Å². The van der Waals surface area contributed by atoms with Gasteiger partial charge in [-0.2, -0.15) is 11.8 Å².